The molecule has 122 valence electrons. The lowest BCUT2D eigenvalue weighted by Crippen LogP contribution is -2.17. The summed E-state index contributed by atoms with van der Waals surface area (Å²) in [6.07, 6.45) is -4.80. The minimum atomic E-state index is -4.80. The Labute approximate surface area is 130 Å². The minimum absolute atomic E-state index is 0.174. The quantitative estimate of drug-likeness (QED) is 0.795. The van der Waals surface area contributed by atoms with Crippen molar-refractivity contribution in [3.8, 4) is 22.6 Å². The van der Waals surface area contributed by atoms with Crippen LogP contribution in [-0.4, -0.2) is 26.6 Å². The van der Waals surface area contributed by atoms with Gasteiger partial charge in [0.1, 0.15) is 17.1 Å². The highest BCUT2D eigenvalue weighted by atomic mass is 19.4. The zero-order chi connectivity index (χ0) is 17.0. The first-order chi connectivity index (χ1) is 10.9. The molecule has 4 nitrogen and oxygen atoms in total. The highest BCUT2D eigenvalue weighted by Gasteiger charge is 2.32. The molecule has 0 atom stereocenters. The zero-order valence-corrected chi connectivity index (χ0v) is 12.3. The van der Waals surface area contributed by atoms with Gasteiger partial charge >= 0.3 is 12.3 Å². The van der Waals surface area contributed by atoms with Gasteiger partial charge in [-0.25, -0.2) is 4.79 Å². The Morgan fingerprint density at radius 1 is 1.00 bits per heavy atom. The van der Waals surface area contributed by atoms with Crippen LogP contribution in [0.15, 0.2) is 42.5 Å². The van der Waals surface area contributed by atoms with Crippen molar-refractivity contribution in [2.24, 2.45) is 0 Å². The van der Waals surface area contributed by atoms with Gasteiger partial charge in [-0.15, -0.1) is 13.2 Å². The number of para-hydroxylation sites is 1. The molecule has 0 aliphatic heterocycles. The summed E-state index contributed by atoms with van der Waals surface area (Å²) in [5.74, 6) is -0.753. The number of halogens is 3. The fourth-order valence-electron chi connectivity index (χ4n) is 2.06. The summed E-state index contributed by atoms with van der Waals surface area (Å²) in [5.41, 5.74) is 0.807. The second-order valence-electron chi connectivity index (χ2n) is 4.45. The molecular formula is C16H13F3O4. The molecule has 0 radical (unpaired) electrons. The van der Waals surface area contributed by atoms with E-state index in [0.717, 1.165) is 0 Å². The Hall–Kier alpha value is -2.70. The minimum Gasteiger partial charge on any atom is -0.496 e. The van der Waals surface area contributed by atoms with Gasteiger partial charge in [0.05, 0.1) is 14.2 Å². The number of ether oxygens (including phenoxy) is 3. The van der Waals surface area contributed by atoms with Crippen LogP contribution < -0.4 is 9.47 Å². The summed E-state index contributed by atoms with van der Waals surface area (Å²) < 4.78 is 51.2. The molecular weight excluding hydrogens is 313 g/mol. The number of carbonyl (C=O) groups is 1. The van der Waals surface area contributed by atoms with Crippen LogP contribution in [0.25, 0.3) is 11.1 Å². The molecule has 7 heteroatoms. The summed E-state index contributed by atoms with van der Waals surface area (Å²) in [6, 6.07) is 10.1. The van der Waals surface area contributed by atoms with Crippen LogP contribution in [0.5, 0.6) is 11.5 Å². The third kappa shape index (κ3) is 3.94. The lowest BCUT2D eigenvalue weighted by Gasteiger charge is -2.14. The molecule has 0 aliphatic rings. The summed E-state index contributed by atoms with van der Waals surface area (Å²) in [5, 5.41) is 0. The number of benzene rings is 2. The van der Waals surface area contributed by atoms with E-state index in [4.69, 9.17) is 4.74 Å². The first-order valence-electron chi connectivity index (χ1n) is 6.47. The van der Waals surface area contributed by atoms with E-state index in [1.165, 1.54) is 50.6 Å². The van der Waals surface area contributed by atoms with E-state index in [2.05, 4.69) is 9.47 Å². The number of methoxy groups -OCH3 is 2. The molecule has 0 bridgehead atoms. The number of alkyl halides is 3. The molecule has 0 spiro atoms. The van der Waals surface area contributed by atoms with Crippen molar-refractivity contribution in [3.05, 3.63) is 48.0 Å². The molecule has 0 saturated carbocycles. The van der Waals surface area contributed by atoms with E-state index in [1.807, 2.05) is 0 Å². The van der Waals surface area contributed by atoms with E-state index >= 15 is 0 Å². The van der Waals surface area contributed by atoms with E-state index in [-0.39, 0.29) is 22.6 Å². The van der Waals surface area contributed by atoms with E-state index < -0.39 is 12.3 Å². The molecule has 0 amide bonds. The fourth-order valence-corrected chi connectivity index (χ4v) is 2.06. The zero-order valence-electron chi connectivity index (χ0n) is 12.3. The summed E-state index contributed by atoms with van der Waals surface area (Å²) in [7, 11) is 2.58. The molecule has 0 aliphatic carbocycles. The van der Waals surface area contributed by atoms with Gasteiger partial charge in [-0.2, -0.15) is 0 Å². The number of esters is 1. The predicted octanol–water partition coefficient (Wildman–Crippen LogP) is 4.05. The van der Waals surface area contributed by atoms with Gasteiger partial charge in [0.2, 0.25) is 0 Å². The predicted molar refractivity (Wildman–Crippen MR) is 76.5 cm³/mol. The highest BCUT2D eigenvalue weighted by molar-refractivity contribution is 5.93. The smallest absolute Gasteiger partial charge is 0.496 e. The average Bonchev–Trinajstić information content (AvgIpc) is 2.52. The highest BCUT2D eigenvalue weighted by Crippen LogP contribution is 2.36. The van der Waals surface area contributed by atoms with Crippen LogP contribution in [-0.2, 0) is 4.74 Å². The molecule has 0 N–H and O–H groups in total. The lowest BCUT2D eigenvalue weighted by molar-refractivity contribution is -0.274. The number of hydrogen-bond acceptors (Lipinski definition) is 4. The molecule has 0 aromatic heterocycles. The van der Waals surface area contributed by atoms with Gasteiger partial charge in [-0.3, -0.25) is 0 Å². The molecule has 0 heterocycles. The average molecular weight is 326 g/mol. The fraction of sp³-hybridized carbons (Fsp3) is 0.188. The SMILES string of the molecule is COC(=O)c1ccc(-c2ccccc2OC(F)(F)F)cc1OC. The summed E-state index contributed by atoms with van der Waals surface area (Å²) in [4.78, 5) is 11.6. The maximum absolute atomic E-state index is 12.5. The standard InChI is InChI=1S/C16H13F3O4/c1-21-14-9-10(7-8-12(14)15(20)22-2)11-5-3-4-6-13(11)23-16(17,18)19/h3-9H,1-2H3. The number of rotatable bonds is 4. The Balaban J connectivity index is 2.49. The van der Waals surface area contributed by atoms with E-state index in [1.54, 1.807) is 6.07 Å². The largest absolute Gasteiger partial charge is 0.573 e. The van der Waals surface area contributed by atoms with Crippen LogP contribution >= 0.6 is 0 Å². The molecule has 23 heavy (non-hydrogen) atoms. The normalized spacial score (nSPS) is 11.0. The van der Waals surface area contributed by atoms with Crippen molar-refractivity contribution in [1.82, 2.24) is 0 Å². The van der Waals surface area contributed by atoms with Crippen LogP contribution in [0, 0.1) is 0 Å². The van der Waals surface area contributed by atoms with Gasteiger partial charge in [0.15, 0.2) is 0 Å². The van der Waals surface area contributed by atoms with Crippen LogP contribution in [0.3, 0.4) is 0 Å². The third-order valence-electron chi connectivity index (χ3n) is 3.03. The van der Waals surface area contributed by atoms with Crippen LogP contribution in [0.2, 0.25) is 0 Å². The second-order valence-corrected chi connectivity index (χ2v) is 4.45. The van der Waals surface area contributed by atoms with E-state index in [9.17, 15) is 18.0 Å². The third-order valence-corrected chi connectivity index (χ3v) is 3.03. The Bertz CT molecular complexity index is 711. The van der Waals surface area contributed by atoms with Crippen LogP contribution in [0.4, 0.5) is 13.2 Å². The Morgan fingerprint density at radius 2 is 1.70 bits per heavy atom. The van der Waals surface area contributed by atoms with Crippen molar-refractivity contribution in [2.45, 2.75) is 6.36 Å². The van der Waals surface area contributed by atoms with E-state index in [0.29, 0.717) is 5.56 Å². The molecule has 2 aromatic rings. The Kier molecular flexibility index (Phi) is 4.78. The van der Waals surface area contributed by atoms with Crippen molar-refractivity contribution in [3.63, 3.8) is 0 Å². The van der Waals surface area contributed by atoms with Crippen molar-refractivity contribution in [2.75, 3.05) is 14.2 Å². The Morgan fingerprint density at radius 3 is 2.30 bits per heavy atom. The number of carbonyl (C=O) groups excluding carboxylic acids is 1. The lowest BCUT2D eigenvalue weighted by atomic mass is 10.0. The molecule has 0 unspecified atom stereocenters. The number of hydrogen-bond donors (Lipinski definition) is 0. The van der Waals surface area contributed by atoms with Gasteiger partial charge in [-0.1, -0.05) is 24.3 Å². The van der Waals surface area contributed by atoms with Gasteiger partial charge < -0.3 is 14.2 Å². The summed E-state index contributed by atoms with van der Waals surface area (Å²) in [6.45, 7) is 0. The van der Waals surface area contributed by atoms with Gasteiger partial charge in [0.25, 0.3) is 0 Å². The molecule has 0 saturated heterocycles. The topological polar surface area (TPSA) is 44.8 Å². The van der Waals surface area contributed by atoms with Crippen molar-refractivity contribution < 1.29 is 32.2 Å². The first kappa shape index (κ1) is 16.7. The maximum Gasteiger partial charge on any atom is 0.573 e. The molecule has 2 aromatic carbocycles. The first-order valence-corrected chi connectivity index (χ1v) is 6.47. The van der Waals surface area contributed by atoms with Crippen LogP contribution in [0.1, 0.15) is 10.4 Å². The maximum atomic E-state index is 12.5. The molecule has 0 fully saturated rings. The van der Waals surface area contributed by atoms with Gasteiger partial charge in [0, 0.05) is 5.56 Å². The van der Waals surface area contributed by atoms with Crippen molar-refractivity contribution in [1.29, 1.82) is 0 Å². The van der Waals surface area contributed by atoms with Crippen molar-refractivity contribution >= 4 is 5.97 Å². The summed E-state index contributed by atoms with van der Waals surface area (Å²) >= 11 is 0. The molecule has 2 rings (SSSR count). The second kappa shape index (κ2) is 6.60. The van der Waals surface area contributed by atoms with Gasteiger partial charge in [-0.05, 0) is 23.8 Å². The monoisotopic (exact) mass is 326 g/mol.